The lowest BCUT2D eigenvalue weighted by Crippen LogP contribution is -2.19. The molecule has 2 aromatic carbocycles. The number of nitrogens with zero attached hydrogens (tertiary/aromatic N) is 2. The number of hydrogen-bond donors (Lipinski definition) is 1. The summed E-state index contributed by atoms with van der Waals surface area (Å²) in [7, 11) is 2.16. The first-order valence-electron chi connectivity index (χ1n) is 13.6. The maximum atomic E-state index is 5.95. The van der Waals surface area contributed by atoms with Crippen LogP contribution in [0.15, 0.2) is 54.7 Å². The van der Waals surface area contributed by atoms with Crippen LogP contribution in [0.3, 0.4) is 0 Å². The molecule has 0 unspecified atom stereocenters. The molecule has 0 atom stereocenters. The van der Waals surface area contributed by atoms with Crippen LogP contribution in [-0.4, -0.2) is 61.7 Å². The van der Waals surface area contributed by atoms with E-state index >= 15 is 0 Å². The van der Waals surface area contributed by atoms with E-state index in [1.807, 2.05) is 42.6 Å². The van der Waals surface area contributed by atoms with Crippen LogP contribution in [0.25, 0.3) is 11.3 Å². The second-order valence-electron chi connectivity index (χ2n) is 9.75. The molecule has 1 aromatic heterocycles. The van der Waals surface area contributed by atoms with Crippen LogP contribution < -0.4 is 14.2 Å². The van der Waals surface area contributed by atoms with Gasteiger partial charge in [0, 0.05) is 37.0 Å². The Kier molecular flexibility index (Phi) is 10.7. The average molecular weight is 508 g/mol. The molecule has 1 aliphatic rings. The number of benzene rings is 2. The van der Waals surface area contributed by atoms with Crippen molar-refractivity contribution in [2.24, 2.45) is 5.92 Å². The normalized spacial score (nSPS) is 14.1. The fourth-order valence-electron chi connectivity index (χ4n) is 4.55. The third-order valence-electron chi connectivity index (χ3n) is 6.76. The van der Waals surface area contributed by atoms with Gasteiger partial charge in [-0.05, 0) is 81.6 Å². The highest BCUT2D eigenvalue weighted by Gasteiger charge is 2.14. The number of aromatic nitrogens is 2. The van der Waals surface area contributed by atoms with E-state index in [1.54, 1.807) is 0 Å². The van der Waals surface area contributed by atoms with Crippen molar-refractivity contribution < 1.29 is 18.9 Å². The molecule has 0 amide bonds. The number of aromatic amines is 1. The molecule has 1 N–H and O–H groups in total. The molecule has 200 valence electrons. The van der Waals surface area contributed by atoms with E-state index in [4.69, 9.17) is 18.9 Å². The molecule has 0 saturated carbocycles. The number of unbranched alkanes of at least 4 members (excludes halogenated alkanes) is 1. The van der Waals surface area contributed by atoms with Crippen LogP contribution in [-0.2, 0) is 11.3 Å². The Morgan fingerprint density at radius 1 is 0.946 bits per heavy atom. The van der Waals surface area contributed by atoms with E-state index in [2.05, 4.69) is 41.2 Å². The number of hydrogen-bond acceptors (Lipinski definition) is 6. The van der Waals surface area contributed by atoms with Gasteiger partial charge in [0.2, 0.25) is 0 Å². The summed E-state index contributed by atoms with van der Waals surface area (Å²) < 4.78 is 23.2. The van der Waals surface area contributed by atoms with Crippen molar-refractivity contribution in [3.63, 3.8) is 0 Å². The molecule has 7 nitrogen and oxygen atoms in total. The molecule has 0 spiro atoms. The van der Waals surface area contributed by atoms with Crippen LogP contribution >= 0.6 is 0 Å². The molecule has 0 radical (unpaired) electrons. The number of rotatable bonds is 15. The Morgan fingerprint density at radius 2 is 1.65 bits per heavy atom. The van der Waals surface area contributed by atoms with Crippen molar-refractivity contribution in [1.82, 2.24) is 15.1 Å². The third-order valence-corrected chi connectivity index (χ3v) is 6.76. The Morgan fingerprint density at radius 3 is 2.38 bits per heavy atom. The van der Waals surface area contributed by atoms with E-state index in [0.717, 1.165) is 80.7 Å². The van der Waals surface area contributed by atoms with Gasteiger partial charge in [-0.2, -0.15) is 5.10 Å². The summed E-state index contributed by atoms with van der Waals surface area (Å²) in [5.41, 5.74) is 3.37. The quantitative estimate of drug-likeness (QED) is 0.256. The predicted octanol–water partition coefficient (Wildman–Crippen LogP) is 5.96. The second-order valence-corrected chi connectivity index (χ2v) is 9.75. The van der Waals surface area contributed by atoms with Gasteiger partial charge in [0.1, 0.15) is 30.5 Å². The zero-order valence-electron chi connectivity index (χ0n) is 22.3. The zero-order valence-corrected chi connectivity index (χ0v) is 22.3. The lowest BCUT2D eigenvalue weighted by molar-refractivity contribution is 0.0593. The largest absolute Gasteiger partial charge is 0.493 e. The van der Waals surface area contributed by atoms with Gasteiger partial charge in [0.15, 0.2) is 0 Å². The molecule has 0 bridgehead atoms. The highest BCUT2D eigenvalue weighted by molar-refractivity contribution is 5.63. The standard InChI is InChI=1S/C30H41N3O4/c1-3-4-15-33(2)23-26-22-31-32-30(26)25-8-10-27(11-9-25)36-19-20-37-29-7-5-6-28(21-29)35-18-14-24-12-16-34-17-13-24/h5-11,21-22,24H,3-4,12-20,23H2,1-2H3,(H,31,32). The molecule has 2 heterocycles. The van der Waals surface area contributed by atoms with Crippen molar-refractivity contribution in [3.05, 3.63) is 60.3 Å². The van der Waals surface area contributed by atoms with Crippen LogP contribution in [0.4, 0.5) is 0 Å². The fraction of sp³-hybridized carbons (Fsp3) is 0.500. The van der Waals surface area contributed by atoms with E-state index in [-0.39, 0.29) is 0 Å². The lowest BCUT2D eigenvalue weighted by Gasteiger charge is -2.21. The first-order chi connectivity index (χ1) is 18.2. The van der Waals surface area contributed by atoms with Crippen LogP contribution in [0, 0.1) is 5.92 Å². The Hall–Kier alpha value is -3.03. The summed E-state index contributed by atoms with van der Waals surface area (Å²) in [6.07, 6.45) is 7.67. The van der Waals surface area contributed by atoms with Crippen LogP contribution in [0.5, 0.6) is 17.2 Å². The summed E-state index contributed by atoms with van der Waals surface area (Å²) in [6, 6.07) is 16.0. The van der Waals surface area contributed by atoms with E-state index in [0.29, 0.717) is 19.1 Å². The maximum absolute atomic E-state index is 5.95. The Balaban J connectivity index is 1.18. The molecule has 37 heavy (non-hydrogen) atoms. The van der Waals surface area contributed by atoms with Crippen molar-refractivity contribution in [1.29, 1.82) is 0 Å². The van der Waals surface area contributed by atoms with Crippen molar-refractivity contribution in [2.45, 2.75) is 45.6 Å². The van der Waals surface area contributed by atoms with Crippen molar-refractivity contribution >= 4 is 0 Å². The molecule has 3 aromatic rings. The zero-order chi connectivity index (χ0) is 25.7. The number of nitrogens with one attached hydrogen (secondary N) is 1. The van der Waals surface area contributed by atoms with E-state index < -0.39 is 0 Å². The van der Waals surface area contributed by atoms with Gasteiger partial charge in [0.25, 0.3) is 0 Å². The van der Waals surface area contributed by atoms with E-state index in [9.17, 15) is 0 Å². The Labute approximate surface area is 221 Å². The first kappa shape index (κ1) is 27.0. The monoisotopic (exact) mass is 507 g/mol. The summed E-state index contributed by atoms with van der Waals surface area (Å²) >= 11 is 0. The lowest BCUT2D eigenvalue weighted by atomic mass is 9.97. The molecule has 4 rings (SSSR count). The minimum absolute atomic E-state index is 0.460. The predicted molar refractivity (Wildman–Crippen MR) is 146 cm³/mol. The maximum Gasteiger partial charge on any atom is 0.123 e. The highest BCUT2D eigenvalue weighted by Crippen LogP contribution is 2.25. The summed E-state index contributed by atoms with van der Waals surface area (Å²) in [6.45, 7) is 7.59. The minimum Gasteiger partial charge on any atom is -0.493 e. The van der Waals surface area contributed by atoms with Gasteiger partial charge >= 0.3 is 0 Å². The molecule has 1 saturated heterocycles. The van der Waals surface area contributed by atoms with Crippen molar-refractivity contribution in [3.8, 4) is 28.5 Å². The molecular weight excluding hydrogens is 466 g/mol. The average Bonchev–Trinajstić information content (AvgIpc) is 3.39. The second kappa shape index (κ2) is 14.6. The molecule has 1 fully saturated rings. The molecule has 7 heteroatoms. The molecular formula is C30H41N3O4. The van der Waals surface area contributed by atoms with Crippen LogP contribution in [0.2, 0.25) is 0 Å². The molecule has 1 aliphatic heterocycles. The topological polar surface area (TPSA) is 68.8 Å². The van der Waals surface area contributed by atoms with Gasteiger partial charge in [-0.15, -0.1) is 0 Å². The van der Waals surface area contributed by atoms with Gasteiger partial charge in [-0.1, -0.05) is 19.4 Å². The van der Waals surface area contributed by atoms with Gasteiger partial charge < -0.3 is 23.8 Å². The van der Waals surface area contributed by atoms with Gasteiger partial charge in [0.05, 0.1) is 18.5 Å². The van der Waals surface area contributed by atoms with Gasteiger partial charge in [-0.25, -0.2) is 0 Å². The van der Waals surface area contributed by atoms with Crippen molar-refractivity contribution in [2.75, 3.05) is 46.6 Å². The molecule has 0 aliphatic carbocycles. The third kappa shape index (κ3) is 8.79. The van der Waals surface area contributed by atoms with Crippen LogP contribution in [0.1, 0.15) is 44.6 Å². The Bertz CT molecular complexity index is 1050. The number of H-pyrrole nitrogens is 1. The SMILES string of the molecule is CCCCN(C)Cc1cn[nH]c1-c1ccc(OCCOc2cccc(OCCC3CCOCC3)c2)cc1. The summed E-state index contributed by atoms with van der Waals surface area (Å²) in [4.78, 5) is 2.34. The highest BCUT2D eigenvalue weighted by atomic mass is 16.5. The fourth-order valence-corrected chi connectivity index (χ4v) is 4.55. The minimum atomic E-state index is 0.460. The smallest absolute Gasteiger partial charge is 0.123 e. The van der Waals surface area contributed by atoms with E-state index in [1.165, 1.54) is 18.4 Å². The summed E-state index contributed by atoms with van der Waals surface area (Å²) in [5.74, 6) is 3.16. The van der Waals surface area contributed by atoms with Gasteiger partial charge in [-0.3, -0.25) is 5.10 Å². The first-order valence-corrected chi connectivity index (χ1v) is 13.6. The number of ether oxygens (including phenoxy) is 4. The summed E-state index contributed by atoms with van der Waals surface area (Å²) in [5, 5.41) is 7.43.